The van der Waals surface area contributed by atoms with Crippen molar-refractivity contribution in [1.29, 1.82) is 0 Å². The average molecular weight is 536 g/mol. The molecule has 1 amide bonds. The molecule has 2 unspecified atom stereocenters. The number of primary amides is 1. The van der Waals surface area contributed by atoms with Crippen molar-refractivity contribution in [3.05, 3.63) is 35.9 Å². The van der Waals surface area contributed by atoms with Gasteiger partial charge >= 0.3 is 0 Å². The standard InChI is InChI=1S/C27H29N5O7/c1-31(2)16-7-13(12-8-29-10-30-9-12)21(33)18-14(16)5-11-6-15-20(32(3)4)23(35)19(26(28)38)25(37)27(15,39)24(36)17(11)22(18)34/h7-11,15,17,19-20,33,39H,5-6H2,1-4H3,(H2,28,38)/t11-,15-,17?,19?,20-,27-/m0/s1. The van der Waals surface area contributed by atoms with E-state index in [-0.39, 0.29) is 29.7 Å². The Labute approximate surface area is 223 Å². The number of carbonyl (C=O) groups is 5. The molecule has 0 saturated heterocycles. The number of amides is 1. The molecule has 204 valence electrons. The molecule has 1 aromatic carbocycles. The van der Waals surface area contributed by atoms with E-state index < -0.39 is 64.4 Å². The summed E-state index contributed by atoms with van der Waals surface area (Å²) < 4.78 is 0. The first-order valence-electron chi connectivity index (χ1n) is 12.5. The number of phenolic OH excluding ortho intramolecular Hbond substituents is 1. The highest BCUT2D eigenvalue weighted by Crippen LogP contribution is 2.53. The van der Waals surface area contributed by atoms with Crippen LogP contribution in [0.5, 0.6) is 5.75 Å². The molecule has 3 aliphatic carbocycles. The van der Waals surface area contributed by atoms with Crippen LogP contribution in [0.3, 0.4) is 0 Å². The summed E-state index contributed by atoms with van der Waals surface area (Å²) in [4.78, 5) is 78.0. The summed E-state index contributed by atoms with van der Waals surface area (Å²) >= 11 is 0. The van der Waals surface area contributed by atoms with Crippen molar-refractivity contribution in [1.82, 2.24) is 14.9 Å². The van der Waals surface area contributed by atoms with Crippen molar-refractivity contribution in [3.8, 4) is 16.9 Å². The molecule has 6 atom stereocenters. The molecule has 0 bridgehead atoms. The quantitative estimate of drug-likeness (QED) is 0.424. The van der Waals surface area contributed by atoms with E-state index in [0.717, 1.165) is 0 Å². The zero-order valence-corrected chi connectivity index (χ0v) is 21.9. The molecular formula is C27H29N5O7. The van der Waals surface area contributed by atoms with Crippen molar-refractivity contribution < 1.29 is 34.2 Å². The normalized spacial score (nSPS) is 30.1. The zero-order chi connectivity index (χ0) is 28.5. The highest BCUT2D eigenvalue weighted by atomic mass is 16.3. The van der Waals surface area contributed by atoms with E-state index in [4.69, 9.17) is 5.73 Å². The maximum absolute atomic E-state index is 14.0. The summed E-state index contributed by atoms with van der Waals surface area (Å²) in [5.74, 6) is -10.8. The minimum Gasteiger partial charge on any atom is -0.507 e. The molecule has 1 heterocycles. The molecule has 3 aliphatic rings. The number of fused-ring (bicyclic) bond motifs is 3. The summed E-state index contributed by atoms with van der Waals surface area (Å²) in [6.07, 6.45) is 4.45. The number of ketones is 4. The topological polar surface area (TPSA) is 184 Å². The van der Waals surface area contributed by atoms with Gasteiger partial charge in [-0.15, -0.1) is 0 Å². The van der Waals surface area contributed by atoms with Gasteiger partial charge in [-0.25, -0.2) is 9.97 Å². The lowest BCUT2D eigenvalue weighted by atomic mass is 9.52. The smallest absolute Gasteiger partial charge is 0.235 e. The number of aromatic hydroxyl groups is 1. The minimum absolute atomic E-state index is 0.00813. The van der Waals surface area contributed by atoms with Crippen LogP contribution < -0.4 is 10.6 Å². The van der Waals surface area contributed by atoms with Gasteiger partial charge in [0.05, 0.1) is 17.5 Å². The second kappa shape index (κ2) is 9.02. The van der Waals surface area contributed by atoms with Crippen molar-refractivity contribution in [2.45, 2.75) is 24.5 Å². The lowest BCUT2D eigenvalue weighted by Gasteiger charge is -2.52. The SMILES string of the molecule is CN(C)c1cc(-c2cncnc2)c(O)c2c1C[C@H]1C[C@H]3[C@H](N(C)C)C(=O)C(C(N)=O)C(=O)[C@@]3(O)C(=O)C1C2=O. The fraction of sp³-hybridized carbons (Fsp3) is 0.444. The summed E-state index contributed by atoms with van der Waals surface area (Å²) in [5, 5.41) is 23.0. The zero-order valence-electron chi connectivity index (χ0n) is 21.9. The molecule has 12 heteroatoms. The molecule has 5 rings (SSSR count). The second-order valence-electron chi connectivity index (χ2n) is 11.0. The van der Waals surface area contributed by atoms with E-state index in [1.165, 1.54) is 23.6 Å². The third-order valence-electron chi connectivity index (χ3n) is 8.39. The molecule has 12 nitrogen and oxygen atoms in total. The fourth-order valence-corrected chi connectivity index (χ4v) is 6.71. The van der Waals surface area contributed by atoms with Gasteiger partial charge in [-0.3, -0.25) is 28.9 Å². The number of likely N-dealkylation sites (N-methyl/N-ethyl adjacent to an activating group) is 1. The van der Waals surface area contributed by atoms with Gasteiger partial charge in [-0.1, -0.05) is 0 Å². The Morgan fingerprint density at radius 3 is 2.28 bits per heavy atom. The summed E-state index contributed by atoms with van der Waals surface area (Å²) in [6.45, 7) is 0. The van der Waals surface area contributed by atoms with Gasteiger partial charge < -0.3 is 20.8 Å². The number of carbonyl (C=O) groups excluding carboxylic acids is 5. The summed E-state index contributed by atoms with van der Waals surface area (Å²) in [6, 6.07) is 0.573. The van der Waals surface area contributed by atoms with E-state index in [2.05, 4.69) is 9.97 Å². The van der Waals surface area contributed by atoms with Crippen molar-refractivity contribution in [2.24, 2.45) is 29.4 Å². The number of hydrogen-bond acceptors (Lipinski definition) is 11. The highest BCUT2D eigenvalue weighted by molar-refractivity contribution is 6.32. The Hall–Kier alpha value is -4.03. The molecule has 0 radical (unpaired) electrons. The number of phenols is 1. The van der Waals surface area contributed by atoms with Crippen LogP contribution in [-0.2, 0) is 25.6 Å². The third-order valence-corrected chi connectivity index (χ3v) is 8.39. The number of benzene rings is 1. The van der Waals surface area contributed by atoms with E-state index in [1.807, 2.05) is 0 Å². The van der Waals surface area contributed by atoms with Crippen LogP contribution in [0.15, 0.2) is 24.8 Å². The average Bonchev–Trinajstić information content (AvgIpc) is 2.86. The number of hydrogen-bond donors (Lipinski definition) is 3. The second-order valence-corrected chi connectivity index (χ2v) is 11.0. The number of aromatic nitrogens is 2. The Bertz CT molecular complexity index is 1440. The van der Waals surface area contributed by atoms with Crippen molar-refractivity contribution >= 4 is 34.7 Å². The molecule has 1 aromatic heterocycles. The lowest BCUT2D eigenvalue weighted by Crippen LogP contribution is -2.74. The molecule has 0 spiro atoms. The molecule has 4 N–H and O–H groups in total. The van der Waals surface area contributed by atoms with Gasteiger partial charge in [0.1, 0.15) is 12.1 Å². The van der Waals surface area contributed by atoms with E-state index in [9.17, 15) is 34.2 Å². The third kappa shape index (κ3) is 3.62. The maximum Gasteiger partial charge on any atom is 0.235 e. The molecule has 39 heavy (non-hydrogen) atoms. The molecule has 0 aliphatic heterocycles. The van der Waals surface area contributed by atoms with Crippen LogP contribution >= 0.6 is 0 Å². The van der Waals surface area contributed by atoms with Gasteiger partial charge in [0.25, 0.3) is 0 Å². The van der Waals surface area contributed by atoms with Crippen LogP contribution in [0.25, 0.3) is 11.1 Å². The van der Waals surface area contributed by atoms with Gasteiger partial charge in [0.15, 0.2) is 34.7 Å². The Morgan fingerprint density at radius 1 is 1.08 bits per heavy atom. The number of rotatable bonds is 4. The van der Waals surface area contributed by atoms with E-state index >= 15 is 0 Å². The van der Waals surface area contributed by atoms with Gasteiger partial charge in [0, 0.05) is 49.2 Å². The number of nitrogens with zero attached hydrogens (tertiary/aromatic N) is 4. The molecular weight excluding hydrogens is 506 g/mol. The molecule has 2 saturated carbocycles. The largest absolute Gasteiger partial charge is 0.507 e. The Balaban J connectivity index is 1.69. The van der Waals surface area contributed by atoms with Crippen LogP contribution in [-0.4, -0.2) is 94.0 Å². The van der Waals surface area contributed by atoms with E-state index in [1.54, 1.807) is 39.2 Å². The summed E-state index contributed by atoms with van der Waals surface area (Å²) in [7, 11) is 6.66. The van der Waals surface area contributed by atoms with Gasteiger partial charge in [-0.05, 0) is 44.5 Å². The van der Waals surface area contributed by atoms with Crippen molar-refractivity contribution in [2.75, 3.05) is 33.1 Å². The first kappa shape index (κ1) is 26.6. The lowest BCUT2D eigenvalue weighted by molar-refractivity contribution is -0.181. The van der Waals surface area contributed by atoms with Crippen LogP contribution in [0.2, 0.25) is 0 Å². The van der Waals surface area contributed by atoms with Gasteiger partial charge in [-0.2, -0.15) is 0 Å². The monoisotopic (exact) mass is 535 g/mol. The molecule has 2 fully saturated rings. The van der Waals surface area contributed by atoms with Crippen molar-refractivity contribution in [3.63, 3.8) is 0 Å². The van der Waals surface area contributed by atoms with Crippen LogP contribution in [0, 0.1) is 23.7 Å². The van der Waals surface area contributed by atoms with Crippen LogP contribution in [0.1, 0.15) is 22.3 Å². The Kier molecular flexibility index (Phi) is 6.15. The number of nitrogens with two attached hydrogens (primary N) is 1. The predicted octanol–water partition coefficient (Wildman–Crippen LogP) is -0.610. The Morgan fingerprint density at radius 2 is 1.72 bits per heavy atom. The first-order valence-corrected chi connectivity index (χ1v) is 12.5. The van der Waals surface area contributed by atoms with Gasteiger partial charge in [0.2, 0.25) is 5.91 Å². The maximum atomic E-state index is 14.0. The predicted molar refractivity (Wildman–Crippen MR) is 137 cm³/mol. The first-order chi connectivity index (χ1) is 18.3. The minimum atomic E-state index is -2.76. The summed E-state index contributed by atoms with van der Waals surface area (Å²) in [5.41, 5.74) is 4.41. The number of anilines is 1. The van der Waals surface area contributed by atoms with E-state index in [0.29, 0.717) is 16.8 Å². The number of Topliss-reactive ketones (excluding diaryl/α,β-unsaturated/α-hetero) is 4. The highest BCUT2D eigenvalue weighted by Gasteiger charge is 2.69. The number of aliphatic hydroxyl groups is 1. The van der Waals surface area contributed by atoms with Crippen LogP contribution in [0.4, 0.5) is 5.69 Å². The molecule has 2 aromatic rings. The fourth-order valence-electron chi connectivity index (χ4n) is 6.71.